The zero-order valence-electron chi connectivity index (χ0n) is 23.5. The number of amides is 1. The van der Waals surface area contributed by atoms with Crippen LogP contribution in [-0.4, -0.2) is 63.4 Å². The number of nitrogen functional groups attached to an aromatic ring is 1. The number of unbranched alkanes of at least 4 members (excludes halogenated alkanes) is 1. The first-order valence-electron chi connectivity index (χ1n) is 14.2. The van der Waals surface area contributed by atoms with E-state index in [1.165, 1.54) is 0 Å². The monoisotopic (exact) mass is 538 g/mol. The Bertz CT molecular complexity index is 1200. The Morgan fingerprint density at radius 3 is 2.77 bits per heavy atom. The van der Waals surface area contributed by atoms with E-state index in [0.29, 0.717) is 42.1 Å². The van der Waals surface area contributed by atoms with E-state index in [0.717, 1.165) is 70.0 Å². The van der Waals surface area contributed by atoms with E-state index in [1.807, 2.05) is 34.6 Å². The van der Waals surface area contributed by atoms with Crippen molar-refractivity contribution in [2.75, 3.05) is 32.5 Å². The van der Waals surface area contributed by atoms with Gasteiger partial charge in [-0.1, -0.05) is 56.6 Å². The normalized spacial score (nSPS) is 16.7. The number of methoxy groups -OCH3 is 1. The van der Waals surface area contributed by atoms with Crippen molar-refractivity contribution < 1.29 is 19.0 Å². The third kappa shape index (κ3) is 7.74. The van der Waals surface area contributed by atoms with Gasteiger partial charge in [-0.25, -0.2) is 4.79 Å². The average molecular weight is 539 g/mol. The molecule has 0 unspecified atom stereocenters. The van der Waals surface area contributed by atoms with Crippen LogP contribution in [0.5, 0.6) is 12.0 Å². The van der Waals surface area contributed by atoms with Crippen LogP contribution in [0.3, 0.4) is 0 Å². The fourth-order valence-electron chi connectivity index (χ4n) is 5.10. The van der Waals surface area contributed by atoms with Crippen molar-refractivity contribution in [1.82, 2.24) is 24.4 Å². The summed E-state index contributed by atoms with van der Waals surface area (Å²) in [4.78, 5) is 27.8. The topological polar surface area (TPSA) is 118 Å². The summed E-state index contributed by atoms with van der Waals surface area (Å²) in [6.07, 6.45) is 17.9. The standard InChI is InChI=1S/C29H42N6O4/c1-4-11-21(2)39-27-32-25(30)24-26(33-27)35(28(31-24)37-3)17-10-9-12-22-15-18-34(19-16-22)29(36)38-20-23-13-7-5-6-8-14-23/h5,7-8,13-14,21-22H,4,6,9-12,15-20H2,1-3H3,(H2,30,32,33)/t21-/m0/s1. The maximum Gasteiger partial charge on any atom is 0.410 e. The van der Waals surface area contributed by atoms with Crippen molar-refractivity contribution in [3.63, 3.8) is 0 Å². The minimum absolute atomic E-state index is 0.00634. The largest absolute Gasteiger partial charge is 0.468 e. The number of likely N-dealkylation sites (tertiary alicyclic amines) is 1. The Morgan fingerprint density at radius 1 is 1.18 bits per heavy atom. The van der Waals surface area contributed by atoms with Crippen LogP contribution < -0.4 is 15.2 Å². The molecular formula is C29H42N6O4. The fourth-order valence-corrected chi connectivity index (χ4v) is 5.10. The summed E-state index contributed by atoms with van der Waals surface area (Å²) in [5.74, 6) is 0.895. The smallest absolute Gasteiger partial charge is 0.410 e. The summed E-state index contributed by atoms with van der Waals surface area (Å²) >= 11 is 0. The quantitative estimate of drug-likeness (QED) is 0.355. The number of ether oxygens (including phenoxy) is 3. The van der Waals surface area contributed by atoms with Crippen molar-refractivity contribution in [3.8, 4) is 12.0 Å². The van der Waals surface area contributed by atoms with Crippen LogP contribution in [0.1, 0.15) is 65.2 Å². The number of hydrogen-bond donors (Lipinski definition) is 1. The SMILES string of the molecule is CCC[C@H](C)Oc1nc(N)c2nc(OC)n(CCCCC3CCN(C(=O)OCC4=CC=CCC=C4)CC3)c2n1. The van der Waals surface area contributed by atoms with E-state index in [9.17, 15) is 4.79 Å². The molecule has 4 rings (SSSR count). The lowest BCUT2D eigenvalue weighted by atomic mass is 9.92. The molecule has 1 aliphatic heterocycles. The second-order valence-electron chi connectivity index (χ2n) is 10.3. The van der Waals surface area contributed by atoms with Crippen LogP contribution >= 0.6 is 0 Å². The predicted molar refractivity (Wildman–Crippen MR) is 152 cm³/mol. The van der Waals surface area contributed by atoms with Crippen LogP contribution in [-0.2, 0) is 11.3 Å². The van der Waals surface area contributed by atoms with Gasteiger partial charge < -0.3 is 24.8 Å². The van der Waals surface area contributed by atoms with Crippen molar-refractivity contribution in [2.24, 2.45) is 5.92 Å². The van der Waals surface area contributed by atoms with E-state index in [2.05, 4.69) is 34.0 Å². The zero-order chi connectivity index (χ0) is 27.6. The van der Waals surface area contributed by atoms with E-state index in [4.69, 9.17) is 19.9 Å². The van der Waals surface area contributed by atoms with Gasteiger partial charge in [-0.05, 0) is 50.5 Å². The minimum Gasteiger partial charge on any atom is -0.468 e. The lowest BCUT2D eigenvalue weighted by Crippen LogP contribution is -2.39. The number of nitrogens with two attached hydrogens (primary N) is 1. The maximum atomic E-state index is 12.5. The summed E-state index contributed by atoms with van der Waals surface area (Å²) < 4.78 is 18.9. The van der Waals surface area contributed by atoms with Crippen molar-refractivity contribution in [3.05, 3.63) is 36.0 Å². The number of imidazole rings is 1. The molecule has 10 nitrogen and oxygen atoms in total. The second kappa shape index (κ2) is 14.0. The van der Waals surface area contributed by atoms with Gasteiger partial charge in [0.15, 0.2) is 17.0 Å². The number of carbonyl (C=O) groups is 1. The summed E-state index contributed by atoms with van der Waals surface area (Å²) in [5, 5.41) is 0. The summed E-state index contributed by atoms with van der Waals surface area (Å²) in [6.45, 7) is 6.63. The second-order valence-corrected chi connectivity index (χ2v) is 10.3. The molecule has 0 radical (unpaired) electrons. The van der Waals surface area contributed by atoms with Crippen molar-refractivity contribution in [2.45, 2.75) is 77.9 Å². The minimum atomic E-state index is -0.219. The number of aryl methyl sites for hydroxylation is 1. The predicted octanol–water partition coefficient (Wildman–Crippen LogP) is 5.45. The lowest BCUT2D eigenvalue weighted by molar-refractivity contribution is 0.0937. The number of piperidine rings is 1. The van der Waals surface area contributed by atoms with Crippen LogP contribution in [0.15, 0.2) is 36.0 Å². The highest BCUT2D eigenvalue weighted by Gasteiger charge is 2.24. The molecule has 3 heterocycles. The lowest BCUT2D eigenvalue weighted by Gasteiger charge is -2.31. The number of anilines is 1. The van der Waals surface area contributed by atoms with Gasteiger partial charge in [0.25, 0.3) is 6.01 Å². The van der Waals surface area contributed by atoms with Crippen LogP contribution in [0, 0.1) is 5.92 Å². The van der Waals surface area contributed by atoms with Gasteiger partial charge in [-0.2, -0.15) is 15.0 Å². The van der Waals surface area contributed by atoms with E-state index < -0.39 is 0 Å². The molecule has 1 saturated heterocycles. The molecule has 10 heteroatoms. The van der Waals surface area contributed by atoms with Gasteiger partial charge in [0.05, 0.1) is 13.2 Å². The van der Waals surface area contributed by atoms with Gasteiger partial charge in [0, 0.05) is 19.6 Å². The highest BCUT2D eigenvalue weighted by Crippen LogP contribution is 2.28. The van der Waals surface area contributed by atoms with Crippen LogP contribution in [0.2, 0.25) is 0 Å². The molecular weight excluding hydrogens is 496 g/mol. The summed E-state index contributed by atoms with van der Waals surface area (Å²) in [6, 6.07) is 0.747. The molecule has 1 fully saturated rings. The molecule has 212 valence electrons. The first-order valence-corrected chi connectivity index (χ1v) is 14.2. The molecule has 1 aliphatic carbocycles. The molecule has 2 aromatic rings. The number of carbonyl (C=O) groups excluding carboxylic acids is 1. The highest BCUT2D eigenvalue weighted by molar-refractivity contribution is 5.83. The first kappa shape index (κ1) is 28.4. The maximum absolute atomic E-state index is 12.5. The zero-order valence-corrected chi connectivity index (χ0v) is 23.5. The van der Waals surface area contributed by atoms with Gasteiger partial charge >= 0.3 is 12.1 Å². The third-order valence-corrected chi connectivity index (χ3v) is 7.28. The van der Waals surface area contributed by atoms with Crippen molar-refractivity contribution in [1.29, 1.82) is 0 Å². The molecule has 2 aromatic heterocycles. The Morgan fingerprint density at radius 2 is 2.00 bits per heavy atom. The number of rotatable bonds is 12. The Labute approximate surface area is 230 Å². The first-order chi connectivity index (χ1) is 19.0. The van der Waals surface area contributed by atoms with Gasteiger partial charge in [-0.3, -0.25) is 4.57 Å². The molecule has 1 atom stereocenters. The van der Waals surface area contributed by atoms with E-state index in [-0.39, 0.29) is 18.2 Å². The molecule has 0 spiro atoms. The molecule has 0 bridgehead atoms. The number of nitrogens with zero attached hydrogens (tertiary/aromatic N) is 5. The van der Waals surface area contributed by atoms with Gasteiger partial charge in [0.2, 0.25) is 0 Å². The van der Waals surface area contributed by atoms with Crippen molar-refractivity contribution >= 4 is 23.1 Å². The summed E-state index contributed by atoms with van der Waals surface area (Å²) in [7, 11) is 1.60. The molecule has 0 aromatic carbocycles. The summed E-state index contributed by atoms with van der Waals surface area (Å²) in [5.41, 5.74) is 8.36. The number of allylic oxidation sites excluding steroid dienone is 4. The third-order valence-electron chi connectivity index (χ3n) is 7.28. The number of hydrogen-bond acceptors (Lipinski definition) is 8. The Hall–Kier alpha value is -3.56. The van der Waals surface area contributed by atoms with E-state index in [1.54, 1.807) is 7.11 Å². The fraction of sp³-hybridized carbons (Fsp3) is 0.586. The molecule has 1 amide bonds. The highest BCUT2D eigenvalue weighted by atomic mass is 16.6. The van der Waals surface area contributed by atoms with Gasteiger partial charge in [-0.15, -0.1) is 0 Å². The number of fused-ring (bicyclic) bond motifs is 1. The van der Waals surface area contributed by atoms with Crippen LogP contribution in [0.25, 0.3) is 11.2 Å². The average Bonchev–Trinajstić information content (AvgIpc) is 3.08. The molecule has 2 N–H and O–H groups in total. The Kier molecular flexibility index (Phi) is 10.2. The molecule has 2 aliphatic rings. The molecule has 39 heavy (non-hydrogen) atoms. The number of aromatic nitrogens is 4. The van der Waals surface area contributed by atoms with E-state index >= 15 is 0 Å². The Balaban J connectivity index is 1.24. The molecule has 0 saturated carbocycles. The van der Waals surface area contributed by atoms with Gasteiger partial charge in [0.1, 0.15) is 6.61 Å². The van der Waals surface area contributed by atoms with Crippen LogP contribution in [0.4, 0.5) is 10.6 Å².